The normalized spacial score (nSPS) is 10.9. The summed E-state index contributed by atoms with van der Waals surface area (Å²) in [5, 5.41) is 3.04. The van der Waals surface area contributed by atoms with Gasteiger partial charge >= 0.3 is 5.97 Å². The summed E-state index contributed by atoms with van der Waals surface area (Å²) in [4.78, 5) is 23.3. The van der Waals surface area contributed by atoms with E-state index in [-0.39, 0.29) is 43.0 Å². The summed E-state index contributed by atoms with van der Waals surface area (Å²) in [5.41, 5.74) is 5.95. The van der Waals surface area contributed by atoms with E-state index in [0.717, 1.165) is 11.6 Å². The molecular weight excluding hydrogens is 446 g/mol. The molecule has 1 unspecified atom stereocenters. The first kappa shape index (κ1) is 26.4. The van der Waals surface area contributed by atoms with Crippen molar-refractivity contribution in [3.63, 3.8) is 0 Å². The third kappa shape index (κ3) is 12.0. The second kappa shape index (κ2) is 14.4. The van der Waals surface area contributed by atoms with Crippen LogP contribution in [-0.2, 0) is 20.9 Å². The number of carbonyl (C=O) groups is 2. The molecule has 0 radical (unpaired) electrons. The summed E-state index contributed by atoms with van der Waals surface area (Å²) in [6, 6.07) is 11.0. The second-order valence-corrected chi connectivity index (χ2v) is 7.19. The maximum atomic E-state index is 13.2. The van der Waals surface area contributed by atoms with Crippen molar-refractivity contribution in [1.29, 1.82) is 0 Å². The molecule has 1 amide bonds. The Morgan fingerprint density at radius 1 is 1.26 bits per heavy atom. The number of esters is 1. The summed E-state index contributed by atoms with van der Waals surface area (Å²) in [6.07, 6.45) is 1.71. The predicted molar refractivity (Wildman–Crippen MR) is 120 cm³/mol. The third-order valence-electron chi connectivity index (χ3n) is 3.57. The molecule has 0 saturated carbocycles. The lowest BCUT2D eigenvalue weighted by Crippen LogP contribution is -2.31. The van der Waals surface area contributed by atoms with Gasteiger partial charge in [-0.05, 0) is 36.8 Å². The van der Waals surface area contributed by atoms with Gasteiger partial charge < -0.3 is 20.5 Å². The van der Waals surface area contributed by atoms with E-state index in [4.69, 9.17) is 38.4 Å². The van der Waals surface area contributed by atoms with Crippen molar-refractivity contribution in [1.82, 2.24) is 5.32 Å². The molecule has 0 heterocycles. The SMILES string of the molecule is C=CC(C)N.O=C(COc1ccc(Cl)c(F)c1)NCCC(=O)OCc1cccc(Cl)c1. The minimum atomic E-state index is -0.632. The molecule has 0 aliphatic rings. The smallest absolute Gasteiger partial charge is 0.307 e. The van der Waals surface area contributed by atoms with Crippen LogP contribution in [0.25, 0.3) is 0 Å². The van der Waals surface area contributed by atoms with Crippen LogP contribution in [0.1, 0.15) is 18.9 Å². The molecule has 0 saturated heterocycles. The lowest BCUT2D eigenvalue weighted by Gasteiger charge is -2.08. The first-order valence-corrected chi connectivity index (χ1v) is 10.1. The summed E-state index contributed by atoms with van der Waals surface area (Å²) in [6.45, 7) is 5.22. The van der Waals surface area contributed by atoms with E-state index in [1.165, 1.54) is 12.1 Å². The standard InChI is InChI=1S/C18H16Cl2FNO4.C4H9N/c19-13-3-1-2-12(8-13)10-26-18(24)6-7-22-17(23)11-25-14-4-5-15(20)16(21)9-14;1-3-4(2)5/h1-5,8-9H,6-7,10-11H2,(H,22,23);3-4H,1,5H2,2H3. The number of nitrogens with one attached hydrogen (secondary N) is 1. The van der Waals surface area contributed by atoms with E-state index in [9.17, 15) is 14.0 Å². The van der Waals surface area contributed by atoms with Crippen LogP contribution >= 0.6 is 23.2 Å². The number of amides is 1. The van der Waals surface area contributed by atoms with Gasteiger partial charge in [0.15, 0.2) is 6.61 Å². The lowest BCUT2D eigenvalue weighted by atomic mass is 10.2. The van der Waals surface area contributed by atoms with E-state index < -0.39 is 17.7 Å². The highest BCUT2D eigenvalue weighted by Gasteiger charge is 2.08. The molecule has 0 aromatic heterocycles. The zero-order valence-corrected chi connectivity index (χ0v) is 18.6. The number of benzene rings is 2. The van der Waals surface area contributed by atoms with Crippen molar-refractivity contribution in [3.05, 3.63) is 76.5 Å². The predicted octanol–water partition coefficient (Wildman–Crippen LogP) is 4.28. The number of hydrogen-bond donors (Lipinski definition) is 2. The van der Waals surface area contributed by atoms with E-state index in [1.54, 1.807) is 30.3 Å². The second-order valence-electron chi connectivity index (χ2n) is 6.35. The molecule has 0 bridgehead atoms. The van der Waals surface area contributed by atoms with Gasteiger partial charge in [-0.1, -0.05) is 41.4 Å². The average Bonchev–Trinajstić information content (AvgIpc) is 2.73. The Hall–Kier alpha value is -2.61. The van der Waals surface area contributed by atoms with Crippen LogP contribution in [0.5, 0.6) is 5.75 Å². The van der Waals surface area contributed by atoms with E-state index in [1.807, 2.05) is 6.92 Å². The van der Waals surface area contributed by atoms with Gasteiger partial charge in [-0.2, -0.15) is 0 Å². The van der Waals surface area contributed by atoms with Crippen molar-refractivity contribution in [2.45, 2.75) is 26.0 Å². The number of halogens is 3. The molecule has 9 heteroatoms. The molecule has 0 aliphatic heterocycles. The monoisotopic (exact) mass is 470 g/mol. The summed E-state index contributed by atoms with van der Waals surface area (Å²) in [5.74, 6) is -1.34. The number of nitrogens with two attached hydrogens (primary N) is 1. The minimum Gasteiger partial charge on any atom is -0.484 e. The van der Waals surface area contributed by atoms with Crippen LogP contribution < -0.4 is 15.8 Å². The van der Waals surface area contributed by atoms with Gasteiger partial charge in [-0.3, -0.25) is 9.59 Å². The van der Waals surface area contributed by atoms with Crippen LogP contribution in [0.3, 0.4) is 0 Å². The van der Waals surface area contributed by atoms with Crippen molar-refractivity contribution >= 4 is 35.1 Å². The first-order chi connectivity index (χ1) is 14.7. The highest BCUT2D eigenvalue weighted by Crippen LogP contribution is 2.20. The van der Waals surface area contributed by atoms with Crippen LogP contribution in [0.2, 0.25) is 10.0 Å². The number of rotatable bonds is 9. The Kier molecular flexibility index (Phi) is 12.3. The fraction of sp³-hybridized carbons (Fsp3) is 0.273. The van der Waals surface area contributed by atoms with Gasteiger partial charge in [0.1, 0.15) is 18.2 Å². The maximum absolute atomic E-state index is 13.2. The maximum Gasteiger partial charge on any atom is 0.307 e. The molecular formula is C22H25Cl2FN2O4. The van der Waals surface area contributed by atoms with Gasteiger partial charge in [-0.15, -0.1) is 6.58 Å². The van der Waals surface area contributed by atoms with Gasteiger partial charge in [0.2, 0.25) is 0 Å². The quantitative estimate of drug-likeness (QED) is 0.421. The Bertz CT molecular complexity index is 878. The Morgan fingerprint density at radius 3 is 2.58 bits per heavy atom. The number of ether oxygens (including phenoxy) is 2. The molecule has 0 spiro atoms. The van der Waals surface area contributed by atoms with Crippen LogP contribution in [0.15, 0.2) is 55.1 Å². The lowest BCUT2D eigenvalue weighted by molar-refractivity contribution is -0.144. The molecule has 2 rings (SSSR count). The Labute approximate surface area is 191 Å². The molecule has 6 nitrogen and oxygen atoms in total. The van der Waals surface area contributed by atoms with Gasteiger partial charge in [0.05, 0.1) is 11.4 Å². The Balaban J connectivity index is 0.000000861. The first-order valence-electron chi connectivity index (χ1n) is 9.34. The van der Waals surface area contributed by atoms with Crippen molar-refractivity contribution in [2.75, 3.05) is 13.2 Å². The third-order valence-corrected chi connectivity index (χ3v) is 4.11. The van der Waals surface area contributed by atoms with Gasteiger partial charge in [0.25, 0.3) is 5.91 Å². The van der Waals surface area contributed by atoms with E-state index >= 15 is 0 Å². The molecule has 168 valence electrons. The summed E-state index contributed by atoms with van der Waals surface area (Å²) in [7, 11) is 0. The zero-order valence-electron chi connectivity index (χ0n) is 17.1. The van der Waals surface area contributed by atoms with E-state index in [0.29, 0.717) is 5.02 Å². The van der Waals surface area contributed by atoms with Crippen LogP contribution in [0, 0.1) is 5.82 Å². The van der Waals surface area contributed by atoms with Crippen molar-refractivity contribution in [3.8, 4) is 5.75 Å². The Morgan fingerprint density at radius 2 is 1.97 bits per heavy atom. The van der Waals surface area contributed by atoms with Crippen molar-refractivity contribution in [2.24, 2.45) is 5.73 Å². The fourth-order valence-electron chi connectivity index (χ4n) is 1.93. The molecule has 0 aliphatic carbocycles. The summed E-state index contributed by atoms with van der Waals surface area (Å²) < 4.78 is 23.5. The van der Waals surface area contributed by atoms with Crippen molar-refractivity contribution < 1.29 is 23.5 Å². The highest BCUT2D eigenvalue weighted by molar-refractivity contribution is 6.31. The topological polar surface area (TPSA) is 90.7 Å². The van der Waals surface area contributed by atoms with Crippen LogP contribution in [0.4, 0.5) is 4.39 Å². The number of carbonyl (C=O) groups excluding carboxylic acids is 2. The van der Waals surface area contributed by atoms with Gasteiger partial charge in [0, 0.05) is 23.7 Å². The van der Waals surface area contributed by atoms with Gasteiger partial charge in [-0.25, -0.2) is 4.39 Å². The fourth-order valence-corrected chi connectivity index (χ4v) is 2.26. The highest BCUT2D eigenvalue weighted by atomic mass is 35.5. The summed E-state index contributed by atoms with van der Waals surface area (Å²) >= 11 is 11.4. The van der Waals surface area contributed by atoms with Crippen LogP contribution in [-0.4, -0.2) is 31.1 Å². The molecule has 2 aromatic carbocycles. The van der Waals surface area contributed by atoms with E-state index in [2.05, 4.69) is 11.9 Å². The molecule has 0 fully saturated rings. The average molecular weight is 471 g/mol. The molecule has 1 atom stereocenters. The molecule has 3 N–H and O–H groups in total. The minimum absolute atomic E-state index is 0.0158. The zero-order chi connectivity index (χ0) is 23.2. The largest absolute Gasteiger partial charge is 0.484 e. The number of hydrogen-bond acceptors (Lipinski definition) is 5. The molecule has 2 aromatic rings. The molecule has 31 heavy (non-hydrogen) atoms.